The zero-order valence-corrected chi connectivity index (χ0v) is 11.5. The summed E-state index contributed by atoms with van der Waals surface area (Å²) in [5.74, 6) is -0.683. The molecule has 0 unspecified atom stereocenters. The Labute approximate surface area is 120 Å². The summed E-state index contributed by atoms with van der Waals surface area (Å²) in [5, 5.41) is 12.7. The van der Waals surface area contributed by atoms with Crippen molar-refractivity contribution in [2.24, 2.45) is 0 Å². The molecule has 6 heteroatoms. The molecule has 4 nitrogen and oxygen atoms in total. The predicted octanol–water partition coefficient (Wildman–Crippen LogP) is 4.14. The van der Waals surface area contributed by atoms with Gasteiger partial charge in [-0.05, 0) is 30.7 Å². The van der Waals surface area contributed by atoms with Gasteiger partial charge < -0.3 is 10.4 Å². The zero-order chi connectivity index (χ0) is 14.0. The van der Waals surface area contributed by atoms with Gasteiger partial charge in [0, 0.05) is 16.9 Å². The number of nitrogens with one attached hydrogen (secondary N) is 1. The second-order valence-corrected chi connectivity index (χ2v) is 4.79. The van der Waals surface area contributed by atoms with Gasteiger partial charge in [-0.15, -0.1) is 0 Å². The highest BCUT2D eigenvalue weighted by molar-refractivity contribution is 6.33. The van der Waals surface area contributed by atoms with Gasteiger partial charge in [-0.2, -0.15) is 0 Å². The molecule has 1 heterocycles. The molecule has 0 saturated carbocycles. The smallest absolute Gasteiger partial charge is 0.337 e. The lowest BCUT2D eigenvalue weighted by Gasteiger charge is -2.10. The normalized spacial score (nSPS) is 10.3. The number of rotatable bonds is 3. The third-order valence-electron chi connectivity index (χ3n) is 2.54. The Balaban J connectivity index is 2.33. The minimum absolute atomic E-state index is 0.0402. The first-order valence-electron chi connectivity index (χ1n) is 5.39. The van der Waals surface area contributed by atoms with Crippen molar-refractivity contribution in [2.75, 3.05) is 5.32 Å². The summed E-state index contributed by atoms with van der Waals surface area (Å²) in [5.41, 5.74) is 1.79. The number of hydrogen-bond acceptors (Lipinski definition) is 3. The van der Waals surface area contributed by atoms with Crippen LogP contribution in [0.15, 0.2) is 30.5 Å². The lowest BCUT2D eigenvalue weighted by molar-refractivity contribution is 0.0696. The summed E-state index contributed by atoms with van der Waals surface area (Å²) in [6, 6.07) is 6.74. The highest BCUT2D eigenvalue weighted by Gasteiger charge is 2.09. The van der Waals surface area contributed by atoms with Gasteiger partial charge in [-0.3, -0.25) is 0 Å². The Bertz CT molecular complexity index is 645. The minimum Gasteiger partial charge on any atom is -0.478 e. The highest BCUT2D eigenvalue weighted by Crippen LogP contribution is 2.27. The summed E-state index contributed by atoms with van der Waals surface area (Å²) in [4.78, 5) is 14.8. The van der Waals surface area contributed by atoms with Gasteiger partial charge >= 0.3 is 5.97 Å². The van der Waals surface area contributed by atoms with Crippen LogP contribution in [-0.2, 0) is 0 Å². The molecule has 1 aromatic carbocycles. The monoisotopic (exact) mass is 296 g/mol. The molecule has 0 bridgehead atoms. The number of nitrogens with zero attached hydrogens (tertiary/aromatic N) is 1. The molecule has 0 spiro atoms. The fraction of sp³-hybridized carbons (Fsp3) is 0.0769. The van der Waals surface area contributed by atoms with E-state index in [1.807, 2.05) is 13.0 Å². The fourth-order valence-electron chi connectivity index (χ4n) is 1.50. The van der Waals surface area contributed by atoms with E-state index in [4.69, 9.17) is 28.3 Å². The molecule has 0 atom stereocenters. The van der Waals surface area contributed by atoms with Crippen LogP contribution in [0.5, 0.6) is 0 Å². The molecule has 2 aromatic rings. The van der Waals surface area contributed by atoms with Gasteiger partial charge in [0.15, 0.2) is 0 Å². The largest absolute Gasteiger partial charge is 0.478 e. The third kappa shape index (κ3) is 3.16. The Hall–Kier alpha value is -1.78. The van der Waals surface area contributed by atoms with Crippen molar-refractivity contribution >= 4 is 40.7 Å². The summed E-state index contributed by atoms with van der Waals surface area (Å²) in [7, 11) is 0. The molecule has 2 N–H and O–H groups in total. The van der Waals surface area contributed by atoms with Crippen LogP contribution in [0.1, 0.15) is 15.9 Å². The van der Waals surface area contributed by atoms with E-state index >= 15 is 0 Å². The summed E-state index contributed by atoms with van der Waals surface area (Å²) >= 11 is 11.9. The van der Waals surface area contributed by atoms with Gasteiger partial charge in [0.2, 0.25) is 0 Å². The SMILES string of the molecule is Cc1ccc(Cl)cc1Nc1ncc(C(=O)O)cc1Cl. The number of carbonyl (C=O) groups is 1. The van der Waals surface area contributed by atoms with E-state index in [-0.39, 0.29) is 10.6 Å². The van der Waals surface area contributed by atoms with E-state index in [2.05, 4.69) is 10.3 Å². The Kier molecular flexibility index (Phi) is 3.93. The van der Waals surface area contributed by atoms with Crippen LogP contribution < -0.4 is 5.32 Å². The number of aryl methyl sites for hydroxylation is 1. The number of hydrogen-bond donors (Lipinski definition) is 2. The van der Waals surface area contributed by atoms with Gasteiger partial charge in [0.05, 0.1) is 10.6 Å². The molecule has 2 rings (SSSR count). The second kappa shape index (κ2) is 5.47. The Morgan fingerprint density at radius 3 is 2.68 bits per heavy atom. The number of carboxylic acids is 1. The predicted molar refractivity (Wildman–Crippen MR) is 75.7 cm³/mol. The van der Waals surface area contributed by atoms with Crippen LogP contribution >= 0.6 is 23.2 Å². The number of aromatic nitrogens is 1. The van der Waals surface area contributed by atoms with Crippen molar-refractivity contribution in [1.82, 2.24) is 4.98 Å². The maximum Gasteiger partial charge on any atom is 0.337 e. The maximum absolute atomic E-state index is 10.8. The first-order valence-corrected chi connectivity index (χ1v) is 6.15. The molecule has 0 fully saturated rings. The highest BCUT2D eigenvalue weighted by atomic mass is 35.5. The molecule has 0 radical (unpaired) electrons. The van der Waals surface area contributed by atoms with Crippen molar-refractivity contribution in [3.63, 3.8) is 0 Å². The summed E-state index contributed by atoms with van der Waals surface area (Å²) < 4.78 is 0. The van der Waals surface area contributed by atoms with Crippen molar-refractivity contribution in [3.05, 3.63) is 51.6 Å². The average molecular weight is 297 g/mol. The molecule has 0 saturated heterocycles. The number of carboxylic acid groups (broad SMARTS) is 1. The van der Waals surface area contributed by atoms with Crippen LogP contribution in [-0.4, -0.2) is 16.1 Å². The quantitative estimate of drug-likeness (QED) is 0.893. The molecule has 19 heavy (non-hydrogen) atoms. The van der Waals surface area contributed by atoms with E-state index < -0.39 is 5.97 Å². The Morgan fingerprint density at radius 2 is 2.05 bits per heavy atom. The lowest BCUT2D eigenvalue weighted by Crippen LogP contribution is -2.01. The number of halogens is 2. The molecule has 0 aliphatic carbocycles. The first kappa shape index (κ1) is 13.6. The number of anilines is 2. The summed E-state index contributed by atoms with van der Waals surface area (Å²) in [6.07, 6.45) is 1.25. The van der Waals surface area contributed by atoms with Crippen molar-refractivity contribution < 1.29 is 9.90 Å². The van der Waals surface area contributed by atoms with Crippen LogP contribution in [0, 0.1) is 6.92 Å². The van der Waals surface area contributed by atoms with E-state index in [9.17, 15) is 4.79 Å². The van der Waals surface area contributed by atoms with Gasteiger partial charge in [0.1, 0.15) is 5.82 Å². The number of aromatic carboxylic acids is 1. The first-order chi connectivity index (χ1) is 8.97. The number of pyridine rings is 1. The van der Waals surface area contributed by atoms with Crippen molar-refractivity contribution in [3.8, 4) is 0 Å². The fourth-order valence-corrected chi connectivity index (χ4v) is 1.89. The van der Waals surface area contributed by atoms with Crippen molar-refractivity contribution in [2.45, 2.75) is 6.92 Å². The van der Waals surface area contributed by atoms with Crippen LogP contribution in [0.2, 0.25) is 10.0 Å². The van der Waals surface area contributed by atoms with Crippen LogP contribution in [0.4, 0.5) is 11.5 Å². The van der Waals surface area contributed by atoms with E-state index in [1.165, 1.54) is 12.3 Å². The Morgan fingerprint density at radius 1 is 1.32 bits per heavy atom. The van der Waals surface area contributed by atoms with E-state index in [0.29, 0.717) is 10.8 Å². The van der Waals surface area contributed by atoms with Gasteiger partial charge in [-0.25, -0.2) is 9.78 Å². The lowest BCUT2D eigenvalue weighted by atomic mass is 10.2. The molecule has 0 aliphatic rings. The maximum atomic E-state index is 10.8. The molecular weight excluding hydrogens is 287 g/mol. The molecular formula is C13H10Cl2N2O2. The zero-order valence-electron chi connectivity index (χ0n) is 9.95. The molecule has 1 aromatic heterocycles. The number of benzene rings is 1. The average Bonchev–Trinajstić information content (AvgIpc) is 2.36. The van der Waals surface area contributed by atoms with Crippen molar-refractivity contribution in [1.29, 1.82) is 0 Å². The van der Waals surface area contributed by atoms with Crippen LogP contribution in [0.3, 0.4) is 0 Å². The second-order valence-electron chi connectivity index (χ2n) is 3.94. The third-order valence-corrected chi connectivity index (χ3v) is 3.06. The summed E-state index contributed by atoms with van der Waals surface area (Å²) in [6.45, 7) is 1.91. The molecule has 0 amide bonds. The minimum atomic E-state index is -1.07. The standard InChI is InChI=1S/C13H10Cl2N2O2/c1-7-2-3-9(14)5-11(7)17-12-10(15)4-8(6-16-12)13(18)19/h2-6H,1H3,(H,16,17)(H,18,19). The van der Waals surface area contributed by atoms with Gasteiger partial charge in [0.25, 0.3) is 0 Å². The van der Waals surface area contributed by atoms with E-state index in [1.54, 1.807) is 12.1 Å². The topological polar surface area (TPSA) is 62.2 Å². The van der Waals surface area contributed by atoms with Gasteiger partial charge in [-0.1, -0.05) is 29.3 Å². The van der Waals surface area contributed by atoms with E-state index in [0.717, 1.165) is 11.3 Å². The molecule has 98 valence electrons. The molecule has 0 aliphatic heterocycles. The van der Waals surface area contributed by atoms with Crippen LogP contribution in [0.25, 0.3) is 0 Å².